The quantitative estimate of drug-likeness (QED) is 0.414. The Bertz CT molecular complexity index is 1690. The Labute approximate surface area is 254 Å². The number of sulfonamides is 1. The second-order valence-electron chi connectivity index (χ2n) is 11.9. The molecule has 0 spiro atoms. The summed E-state index contributed by atoms with van der Waals surface area (Å²) in [6.45, 7) is 4.95. The summed E-state index contributed by atoms with van der Waals surface area (Å²) in [5.74, 6) is 0.294. The first-order chi connectivity index (χ1) is 20.4. The number of carbonyl (C=O) groups excluding carboxylic acids is 1. The Hall–Kier alpha value is -3.07. The van der Waals surface area contributed by atoms with Gasteiger partial charge in [-0.2, -0.15) is 4.31 Å². The molecule has 0 radical (unpaired) electrons. The van der Waals surface area contributed by atoms with Crippen LogP contribution in [0.25, 0.3) is 22.3 Å². The van der Waals surface area contributed by atoms with E-state index in [1.807, 2.05) is 18.4 Å². The number of rotatable bonds is 6. The fraction of sp³-hybridized carbons (Fsp3) is 0.571. The fourth-order valence-corrected chi connectivity index (χ4v) is 8.66. The number of halogens is 2. The molecular weight excluding hydrogens is 601 g/mol. The van der Waals surface area contributed by atoms with E-state index < -0.39 is 40.1 Å². The summed E-state index contributed by atoms with van der Waals surface area (Å²) in [6, 6.07) is 1.91. The van der Waals surface area contributed by atoms with Crippen molar-refractivity contribution < 1.29 is 27.4 Å². The molecule has 5 atom stereocenters. The minimum atomic E-state index is -3.45. The van der Waals surface area contributed by atoms with Gasteiger partial charge in [-0.25, -0.2) is 32.6 Å². The van der Waals surface area contributed by atoms with Gasteiger partial charge in [0.2, 0.25) is 16.0 Å². The second-order valence-corrected chi connectivity index (χ2v) is 14.2. The normalized spacial score (nSPS) is 26.0. The largest absolute Gasteiger partial charge is 0.453 e. The van der Waals surface area contributed by atoms with Gasteiger partial charge in [-0.3, -0.25) is 0 Å². The van der Waals surface area contributed by atoms with Crippen molar-refractivity contribution in [2.45, 2.75) is 75.7 Å². The highest BCUT2D eigenvalue weighted by molar-refractivity contribution is 7.88. The molecule has 2 N–H and O–H groups in total. The maximum absolute atomic E-state index is 15.7. The van der Waals surface area contributed by atoms with Crippen LogP contribution in [0.5, 0.6) is 0 Å². The maximum atomic E-state index is 15.7. The number of anilines is 1. The molecule has 2 aromatic heterocycles. The van der Waals surface area contributed by atoms with Gasteiger partial charge in [-0.15, -0.1) is 0 Å². The zero-order valence-corrected chi connectivity index (χ0v) is 25.9. The summed E-state index contributed by atoms with van der Waals surface area (Å²) in [4.78, 5) is 27.3. The Kier molecular flexibility index (Phi) is 7.76. The zero-order chi connectivity index (χ0) is 30.8. The summed E-state index contributed by atoms with van der Waals surface area (Å²) >= 11 is 6.53. The highest BCUT2D eigenvalue weighted by Crippen LogP contribution is 2.39. The van der Waals surface area contributed by atoms with Gasteiger partial charge in [-0.05, 0) is 51.7 Å². The number of methoxy groups -OCH3 is 1. The van der Waals surface area contributed by atoms with Crippen molar-refractivity contribution in [3.05, 3.63) is 35.0 Å². The molecule has 3 aromatic rings. The molecule has 43 heavy (non-hydrogen) atoms. The van der Waals surface area contributed by atoms with Crippen molar-refractivity contribution in [3.8, 4) is 11.3 Å². The Morgan fingerprint density at radius 3 is 2.70 bits per heavy atom. The molecule has 2 bridgehead atoms. The molecule has 0 aliphatic carbocycles. The second kappa shape index (κ2) is 11.1. The first kappa shape index (κ1) is 30.0. The number of imidazole rings is 1. The van der Waals surface area contributed by atoms with Gasteiger partial charge in [0, 0.05) is 36.7 Å². The van der Waals surface area contributed by atoms with E-state index in [0.717, 1.165) is 0 Å². The molecule has 3 aliphatic rings. The van der Waals surface area contributed by atoms with Gasteiger partial charge in [0.05, 0.1) is 54.0 Å². The summed E-state index contributed by atoms with van der Waals surface area (Å²) in [6.07, 6.45) is 3.58. The standard InChI is InChI=1S/C28H35ClFN7O5S/c1-14(2)36-22-10-16(9-19(30)24(22)33-26(36)15-7-8-35(13-15)28(39)42-3)23-18(29)12-31-27(34-23)32-20-11-17-5-6-21(25(20)38)37(17)43(4,40)41/h9-10,12,14-15,17,20-21,25,38H,5-8,11,13H2,1-4H3,(H,31,32,34)/t15-,17?,20+,21?,25-/m1/s1. The van der Waals surface area contributed by atoms with E-state index in [1.54, 1.807) is 11.0 Å². The molecule has 2 unspecified atom stereocenters. The number of carbonyl (C=O) groups is 1. The van der Waals surface area contributed by atoms with Crippen LogP contribution in [0.15, 0.2) is 18.3 Å². The van der Waals surface area contributed by atoms with E-state index in [9.17, 15) is 18.3 Å². The average Bonchev–Trinajstić information content (AvgIpc) is 3.67. The SMILES string of the molecule is COC(=O)N1CC[C@@H](c2nc3c(F)cc(-c4nc(N[C@H]5CC6CCC([C@@H]5O)N6S(C)(=O)=O)ncc4Cl)cc3n2C(C)C)C1. The van der Waals surface area contributed by atoms with Crippen LogP contribution in [0.3, 0.4) is 0 Å². The number of hydrogen-bond donors (Lipinski definition) is 2. The van der Waals surface area contributed by atoms with Crippen molar-refractivity contribution in [2.75, 3.05) is 31.8 Å². The Balaban J connectivity index is 1.32. The van der Waals surface area contributed by atoms with E-state index in [1.165, 1.54) is 29.9 Å². The molecule has 5 heterocycles. The lowest BCUT2D eigenvalue weighted by Gasteiger charge is -2.41. The first-order valence-corrected chi connectivity index (χ1v) is 16.6. The number of aromatic nitrogens is 4. The predicted octanol–water partition coefficient (Wildman–Crippen LogP) is 3.76. The zero-order valence-electron chi connectivity index (χ0n) is 24.4. The lowest BCUT2D eigenvalue weighted by Crippen LogP contribution is -2.58. The topological polar surface area (TPSA) is 143 Å². The van der Waals surface area contributed by atoms with E-state index in [-0.39, 0.29) is 34.5 Å². The third-order valence-electron chi connectivity index (χ3n) is 8.81. The summed E-state index contributed by atoms with van der Waals surface area (Å²) in [7, 11) is -2.10. The van der Waals surface area contributed by atoms with Crippen molar-refractivity contribution in [3.63, 3.8) is 0 Å². The van der Waals surface area contributed by atoms with Crippen molar-refractivity contribution >= 4 is 44.7 Å². The van der Waals surface area contributed by atoms with Crippen LogP contribution < -0.4 is 5.32 Å². The highest BCUT2D eigenvalue weighted by atomic mass is 35.5. The molecule has 6 rings (SSSR count). The molecule has 3 saturated heterocycles. The monoisotopic (exact) mass is 635 g/mol. The van der Waals surface area contributed by atoms with Crippen LogP contribution in [0.4, 0.5) is 15.1 Å². The van der Waals surface area contributed by atoms with Gasteiger partial charge in [0.1, 0.15) is 11.3 Å². The number of nitrogens with zero attached hydrogens (tertiary/aromatic N) is 6. The van der Waals surface area contributed by atoms with Gasteiger partial charge < -0.3 is 24.6 Å². The van der Waals surface area contributed by atoms with Gasteiger partial charge in [-0.1, -0.05) is 11.6 Å². The van der Waals surface area contributed by atoms with Crippen molar-refractivity contribution in [1.82, 2.24) is 28.7 Å². The molecule has 0 saturated carbocycles. The van der Waals surface area contributed by atoms with Crippen LogP contribution in [0.1, 0.15) is 57.3 Å². The number of benzene rings is 1. The number of nitrogens with one attached hydrogen (secondary N) is 1. The van der Waals surface area contributed by atoms with Crippen molar-refractivity contribution in [1.29, 1.82) is 0 Å². The summed E-state index contributed by atoms with van der Waals surface area (Å²) in [5.41, 5.74) is 1.55. The smallest absolute Gasteiger partial charge is 0.409 e. The molecule has 232 valence electrons. The number of fused-ring (bicyclic) bond motifs is 3. The molecular formula is C28H35ClFN7O5S. The van der Waals surface area contributed by atoms with Crippen LogP contribution >= 0.6 is 11.6 Å². The minimum Gasteiger partial charge on any atom is -0.453 e. The molecule has 1 amide bonds. The number of aliphatic hydroxyl groups is 1. The van der Waals surface area contributed by atoms with Crippen molar-refractivity contribution in [2.24, 2.45) is 0 Å². The van der Waals surface area contributed by atoms with E-state index >= 15 is 4.39 Å². The summed E-state index contributed by atoms with van der Waals surface area (Å²) < 4.78 is 48.6. The molecule has 3 aliphatic heterocycles. The van der Waals surface area contributed by atoms with Crippen LogP contribution in [0, 0.1) is 5.82 Å². The van der Waals surface area contributed by atoms with Crippen LogP contribution in [0.2, 0.25) is 5.02 Å². The highest BCUT2D eigenvalue weighted by Gasteiger charge is 2.50. The number of hydrogen-bond acceptors (Lipinski definition) is 9. The lowest BCUT2D eigenvalue weighted by atomic mass is 9.96. The molecule has 15 heteroatoms. The molecule has 12 nitrogen and oxygen atoms in total. The average molecular weight is 636 g/mol. The lowest BCUT2D eigenvalue weighted by molar-refractivity contribution is 0.0472. The summed E-state index contributed by atoms with van der Waals surface area (Å²) in [5, 5.41) is 14.4. The van der Waals surface area contributed by atoms with E-state index in [2.05, 4.69) is 15.3 Å². The fourth-order valence-electron chi connectivity index (χ4n) is 7.00. The Morgan fingerprint density at radius 1 is 1.23 bits per heavy atom. The Morgan fingerprint density at radius 2 is 2.00 bits per heavy atom. The maximum Gasteiger partial charge on any atom is 0.409 e. The van der Waals surface area contributed by atoms with Crippen LogP contribution in [-0.4, -0.2) is 99.0 Å². The number of amides is 1. The van der Waals surface area contributed by atoms with E-state index in [0.29, 0.717) is 61.4 Å². The van der Waals surface area contributed by atoms with Gasteiger partial charge in [0.15, 0.2) is 5.82 Å². The third kappa shape index (κ3) is 5.32. The van der Waals surface area contributed by atoms with Gasteiger partial charge in [0.25, 0.3) is 0 Å². The van der Waals surface area contributed by atoms with Gasteiger partial charge >= 0.3 is 6.09 Å². The van der Waals surface area contributed by atoms with Crippen LogP contribution in [-0.2, 0) is 14.8 Å². The molecule has 3 fully saturated rings. The number of aliphatic hydroxyl groups excluding tert-OH is 1. The third-order valence-corrected chi connectivity index (χ3v) is 10.4. The number of piperidine rings is 1. The number of ether oxygens (including phenoxy) is 1. The number of likely N-dealkylation sites (tertiary alicyclic amines) is 1. The minimum absolute atomic E-state index is 0.0467. The molecule has 1 aromatic carbocycles. The first-order valence-electron chi connectivity index (χ1n) is 14.4. The predicted molar refractivity (Wildman–Crippen MR) is 159 cm³/mol. The van der Waals surface area contributed by atoms with E-state index in [4.69, 9.17) is 21.3 Å².